The van der Waals surface area contributed by atoms with Crippen molar-refractivity contribution < 1.29 is 19.1 Å². The molecule has 2 aliphatic rings. The number of benzene rings is 1. The van der Waals surface area contributed by atoms with E-state index in [2.05, 4.69) is 28.4 Å². The van der Waals surface area contributed by atoms with Crippen molar-refractivity contribution in [2.24, 2.45) is 5.92 Å². The van der Waals surface area contributed by atoms with Crippen molar-refractivity contribution in [3.8, 4) is 5.75 Å². The minimum Gasteiger partial charge on any atom is -0.484 e. The standard InChI is InChI=1S/C32H41N6O4P/c1-6-28(40)37-15-8-7-10-24(18-37)38-30-25(34-32(38)35-31(41)23-13-14-33-21(3)17-23)11-9-12-27(30)42-29-16-20(2)26(19-43-29)36(5)22(4)39/h6,9,11-14,17,20,24,26,29,43H,1,7-8,10,15-16,18-19H2,2-5H3,(H,34,35,41)/t20?,24-,26+,29+/m1/s1. The number of hydrogen-bond donors (Lipinski definition) is 1. The van der Waals surface area contributed by atoms with Gasteiger partial charge in [-0.1, -0.05) is 28.1 Å². The number of likely N-dealkylation sites (tertiary alicyclic amines) is 1. The average Bonchev–Trinajstić information content (AvgIpc) is 3.17. The first-order valence-electron chi connectivity index (χ1n) is 15.0. The van der Waals surface area contributed by atoms with Crippen molar-refractivity contribution >= 4 is 43.3 Å². The Labute approximate surface area is 254 Å². The van der Waals surface area contributed by atoms with Crippen LogP contribution in [0, 0.1) is 12.8 Å². The molecule has 2 fully saturated rings. The van der Waals surface area contributed by atoms with Gasteiger partial charge in [-0.05, 0) is 75.0 Å². The number of pyridine rings is 1. The van der Waals surface area contributed by atoms with Crippen molar-refractivity contribution in [1.82, 2.24) is 24.3 Å². The highest BCUT2D eigenvalue weighted by atomic mass is 31.1. The second-order valence-corrected chi connectivity index (χ2v) is 13.1. The van der Waals surface area contributed by atoms with Gasteiger partial charge < -0.3 is 19.1 Å². The molecule has 5 atom stereocenters. The monoisotopic (exact) mass is 604 g/mol. The van der Waals surface area contributed by atoms with Gasteiger partial charge in [-0.2, -0.15) is 0 Å². The van der Waals surface area contributed by atoms with Gasteiger partial charge in [-0.15, -0.1) is 0 Å². The number of aromatic nitrogens is 3. The molecule has 4 heterocycles. The molecule has 2 aliphatic heterocycles. The number of carbonyl (C=O) groups is 3. The SMILES string of the molecule is C=CC(=O)N1CCCC[C@@H](n2c(NC(=O)c3ccnc(C)c3)nc3cccc(O[C@@H]4CC(C)[C@@H](N(C)C(C)=O)CP4)c32)C1. The van der Waals surface area contributed by atoms with Crippen LogP contribution in [0.2, 0.25) is 0 Å². The third-order valence-corrected chi connectivity index (χ3v) is 10.1. The molecule has 3 amide bonds. The summed E-state index contributed by atoms with van der Waals surface area (Å²) in [4.78, 5) is 50.9. The molecule has 10 nitrogen and oxygen atoms in total. The zero-order chi connectivity index (χ0) is 30.7. The largest absolute Gasteiger partial charge is 0.484 e. The second kappa shape index (κ2) is 13.2. The Kier molecular flexibility index (Phi) is 9.45. The summed E-state index contributed by atoms with van der Waals surface area (Å²) in [6.45, 7) is 10.5. The highest BCUT2D eigenvalue weighted by Crippen LogP contribution is 2.41. The van der Waals surface area contributed by atoms with Crippen LogP contribution in [0.3, 0.4) is 0 Å². The van der Waals surface area contributed by atoms with Crippen molar-refractivity contribution in [1.29, 1.82) is 0 Å². The molecule has 0 bridgehead atoms. The Balaban J connectivity index is 1.52. The normalized spacial score (nSPS) is 23.0. The Morgan fingerprint density at radius 1 is 1.23 bits per heavy atom. The molecule has 11 heteroatoms. The number of carbonyl (C=O) groups excluding carboxylic acids is 3. The Morgan fingerprint density at radius 2 is 2.05 bits per heavy atom. The highest BCUT2D eigenvalue weighted by Gasteiger charge is 2.33. The predicted octanol–water partition coefficient (Wildman–Crippen LogP) is 5.00. The summed E-state index contributed by atoms with van der Waals surface area (Å²) in [6, 6.07) is 9.32. The van der Waals surface area contributed by atoms with E-state index in [0.29, 0.717) is 50.4 Å². The first kappa shape index (κ1) is 30.7. The van der Waals surface area contributed by atoms with E-state index in [1.54, 1.807) is 25.3 Å². The van der Waals surface area contributed by atoms with Gasteiger partial charge in [0.05, 0.1) is 11.6 Å². The lowest BCUT2D eigenvalue weighted by atomic mass is 9.98. The van der Waals surface area contributed by atoms with E-state index in [1.165, 1.54) is 6.08 Å². The molecule has 0 radical (unpaired) electrons. The Morgan fingerprint density at radius 3 is 2.77 bits per heavy atom. The van der Waals surface area contributed by atoms with Gasteiger partial charge in [0.25, 0.3) is 5.91 Å². The van der Waals surface area contributed by atoms with Gasteiger partial charge in [-0.3, -0.25) is 24.7 Å². The smallest absolute Gasteiger partial charge is 0.258 e. The summed E-state index contributed by atoms with van der Waals surface area (Å²) in [5.41, 5.74) is 2.76. The number of fused-ring (bicyclic) bond motifs is 1. The van der Waals surface area contributed by atoms with Gasteiger partial charge in [0.15, 0.2) is 0 Å². The first-order valence-corrected chi connectivity index (χ1v) is 16.2. The van der Waals surface area contributed by atoms with E-state index in [9.17, 15) is 14.4 Å². The maximum atomic E-state index is 13.4. The quantitative estimate of drug-likeness (QED) is 0.300. The summed E-state index contributed by atoms with van der Waals surface area (Å²) in [5, 5.41) is 3.06. The van der Waals surface area contributed by atoms with Gasteiger partial charge in [0, 0.05) is 50.6 Å². The average molecular weight is 605 g/mol. The Bertz CT molecular complexity index is 1520. The van der Waals surface area contributed by atoms with Crippen LogP contribution < -0.4 is 10.1 Å². The molecule has 1 aromatic carbocycles. The fraction of sp³-hybridized carbons (Fsp3) is 0.469. The van der Waals surface area contributed by atoms with Crippen LogP contribution >= 0.6 is 8.58 Å². The zero-order valence-corrected chi connectivity index (χ0v) is 26.4. The molecule has 0 aliphatic carbocycles. The molecule has 43 heavy (non-hydrogen) atoms. The van der Waals surface area contributed by atoms with Gasteiger partial charge >= 0.3 is 0 Å². The third-order valence-electron chi connectivity index (χ3n) is 8.62. The lowest BCUT2D eigenvalue weighted by molar-refractivity contribution is -0.130. The summed E-state index contributed by atoms with van der Waals surface area (Å²) < 4.78 is 8.80. The third kappa shape index (κ3) is 6.74. The molecular weight excluding hydrogens is 563 g/mol. The number of ether oxygens (including phenoxy) is 1. The number of anilines is 1. The summed E-state index contributed by atoms with van der Waals surface area (Å²) in [6.07, 6.45) is 7.34. The fourth-order valence-electron chi connectivity index (χ4n) is 6.20. The summed E-state index contributed by atoms with van der Waals surface area (Å²) in [7, 11) is 2.41. The maximum Gasteiger partial charge on any atom is 0.258 e. The molecule has 2 saturated heterocycles. The van der Waals surface area contributed by atoms with Gasteiger partial charge in [0.1, 0.15) is 17.1 Å². The first-order chi connectivity index (χ1) is 20.7. The number of hydrogen-bond acceptors (Lipinski definition) is 6. The van der Waals surface area contributed by atoms with Crippen LogP contribution in [0.1, 0.15) is 61.6 Å². The number of aryl methyl sites for hydroxylation is 1. The van der Waals surface area contributed by atoms with Crippen LogP contribution in [0.5, 0.6) is 5.75 Å². The molecule has 5 rings (SSSR count). The van der Waals surface area contributed by atoms with E-state index < -0.39 is 0 Å². The molecule has 3 aromatic rings. The van der Waals surface area contributed by atoms with Crippen molar-refractivity contribution in [2.45, 2.75) is 64.4 Å². The van der Waals surface area contributed by atoms with Gasteiger partial charge in [0.2, 0.25) is 17.8 Å². The zero-order valence-electron chi connectivity index (χ0n) is 25.4. The minimum absolute atomic E-state index is 0.00590. The molecule has 1 N–H and O–H groups in total. The highest BCUT2D eigenvalue weighted by molar-refractivity contribution is 7.38. The van der Waals surface area contributed by atoms with E-state index in [-0.39, 0.29) is 35.7 Å². The van der Waals surface area contributed by atoms with Crippen molar-refractivity contribution in [3.05, 3.63) is 60.4 Å². The number of para-hydroxylation sites is 1. The van der Waals surface area contributed by atoms with Crippen LogP contribution in [-0.4, -0.2) is 80.2 Å². The number of imidazole rings is 1. The van der Waals surface area contributed by atoms with E-state index >= 15 is 0 Å². The van der Waals surface area contributed by atoms with E-state index in [0.717, 1.165) is 43.1 Å². The van der Waals surface area contributed by atoms with Crippen molar-refractivity contribution in [3.63, 3.8) is 0 Å². The summed E-state index contributed by atoms with van der Waals surface area (Å²) in [5.74, 6) is 1.13. The molecule has 0 spiro atoms. The van der Waals surface area contributed by atoms with E-state index in [4.69, 9.17) is 9.72 Å². The van der Waals surface area contributed by atoms with Crippen LogP contribution in [0.15, 0.2) is 49.2 Å². The maximum absolute atomic E-state index is 13.4. The van der Waals surface area contributed by atoms with Crippen LogP contribution in [0.25, 0.3) is 11.0 Å². The molecule has 2 unspecified atom stereocenters. The van der Waals surface area contributed by atoms with Crippen LogP contribution in [-0.2, 0) is 9.59 Å². The lowest BCUT2D eigenvalue weighted by Crippen LogP contribution is -2.45. The Hall–Kier alpha value is -3.78. The minimum atomic E-state index is -0.277. The number of nitrogens with zero attached hydrogens (tertiary/aromatic N) is 5. The molecule has 0 saturated carbocycles. The van der Waals surface area contributed by atoms with Crippen LogP contribution in [0.4, 0.5) is 5.95 Å². The summed E-state index contributed by atoms with van der Waals surface area (Å²) >= 11 is 0. The topological polar surface area (TPSA) is 110 Å². The predicted molar refractivity (Wildman–Crippen MR) is 170 cm³/mol. The van der Waals surface area contributed by atoms with Crippen molar-refractivity contribution in [2.75, 3.05) is 31.6 Å². The fourth-order valence-corrected chi connectivity index (χ4v) is 8.13. The number of amides is 3. The molecule has 2 aromatic heterocycles. The molecular formula is C32H41N6O4P. The number of rotatable bonds is 7. The number of nitrogens with one attached hydrogen (secondary N) is 1. The second-order valence-electron chi connectivity index (χ2n) is 11.6. The van der Waals surface area contributed by atoms with E-state index in [1.807, 2.05) is 42.0 Å². The molecule has 228 valence electrons. The lowest BCUT2D eigenvalue weighted by Gasteiger charge is -2.39. The van der Waals surface area contributed by atoms with Gasteiger partial charge in [-0.25, -0.2) is 4.98 Å².